The highest BCUT2D eigenvalue weighted by atomic mass is 16.5. The zero-order chi connectivity index (χ0) is 22.1. The minimum absolute atomic E-state index is 0.0786. The number of rotatable bonds is 6. The van der Waals surface area contributed by atoms with Gasteiger partial charge in [-0.3, -0.25) is 0 Å². The molecule has 3 N–H and O–H groups in total. The van der Waals surface area contributed by atoms with Gasteiger partial charge in [-0.05, 0) is 39.8 Å². The summed E-state index contributed by atoms with van der Waals surface area (Å²) in [6, 6.07) is 24.6. The number of nitrogens with one attached hydrogen (secondary N) is 2. The van der Waals surface area contributed by atoms with Gasteiger partial charge in [0.05, 0.1) is 0 Å². The van der Waals surface area contributed by atoms with Gasteiger partial charge in [0, 0.05) is 23.5 Å². The van der Waals surface area contributed by atoms with Crippen molar-refractivity contribution in [2.24, 2.45) is 0 Å². The van der Waals surface area contributed by atoms with Crippen molar-refractivity contribution in [1.29, 1.82) is 0 Å². The van der Waals surface area contributed by atoms with E-state index in [1.165, 1.54) is 0 Å². The lowest BCUT2D eigenvalue weighted by Crippen LogP contribution is -2.43. The maximum Gasteiger partial charge on any atom is 0.407 e. The van der Waals surface area contributed by atoms with Crippen molar-refractivity contribution in [3.05, 3.63) is 95.7 Å². The van der Waals surface area contributed by atoms with E-state index < -0.39 is 18.1 Å². The van der Waals surface area contributed by atoms with Gasteiger partial charge in [-0.15, -0.1) is 0 Å². The van der Waals surface area contributed by atoms with Crippen LogP contribution >= 0.6 is 0 Å². The average molecular weight is 426 g/mol. The van der Waals surface area contributed by atoms with Gasteiger partial charge >= 0.3 is 12.1 Å². The highest BCUT2D eigenvalue weighted by molar-refractivity contribution is 5.83. The van der Waals surface area contributed by atoms with Crippen LogP contribution in [0, 0.1) is 0 Å². The Bertz CT molecular complexity index is 1230. The normalized spacial score (nSPS) is 13.4. The molecule has 6 nitrogen and oxygen atoms in total. The summed E-state index contributed by atoms with van der Waals surface area (Å²) in [6.07, 6.45) is -0.607. The molecule has 0 aliphatic heterocycles. The van der Waals surface area contributed by atoms with E-state index in [2.05, 4.69) is 22.4 Å². The third kappa shape index (κ3) is 3.71. The van der Waals surface area contributed by atoms with E-state index >= 15 is 0 Å². The summed E-state index contributed by atoms with van der Waals surface area (Å²) < 4.78 is 5.49. The van der Waals surface area contributed by atoms with Crippen LogP contribution in [0.4, 0.5) is 4.79 Å². The number of hydrogen-bond acceptors (Lipinski definition) is 3. The van der Waals surface area contributed by atoms with E-state index in [4.69, 9.17) is 4.74 Å². The van der Waals surface area contributed by atoms with Crippen molar-refractivity contribution >= 4 is 23.0 Å². The molecule has 1 atom stereocenters. The predicted octanol–water partition coefficient (Wildman–Crippen LogP) is 4.70. The first-order valence-electron chi connectivity index (χ1n) is 10.5. The molecule has 0 fully saturated rings. The van der Waals surface area contributed by atoms with Crippen LogP contribution in [0.25, 0.3) is 22.0 Å². The van der Waals surface area contributed by atoms with E-state index in [1.807, 2.05) is 66.7 Å². The lowest BCUT2D eigenvalue weighted by atomic mass is 9.98. The second-order valence-electron chi connectivity index (χ2n) is 7.95. The summed E-state index contributed by atoms with van der Waals surface area (Å²) >= 11 is 0. The van der Waals surface area contributed by atoms with Crippen LogP contribution in [0.1, 0.15) is 22.7 Å². The Hall–Kier alpha value is -4.06. The second kappa shape index (κ2) is 8.23. The fraction of sp³-hybridized carbons (Fsp3) is 0.154. The Morgan fingerprint density at radius 1 is 0.938 bits per heavy atom. The number of amides is 1. The van der Waals surface area contributed by atoms with Crippen molar-refractivity contribution < 1.29 is 19.4 Å². The van der Waals surface area contributed by atoms with Crippen LogP contribution in [-0.2, 0) is 16.0 Å². The van der Waals surface area contributed by atoms with Gasteiger partial charge in [0.25, 0.3) is 0 Å². The number of hydrogen-bond donors (Lipinski definition) is 3. The SMILES string of the molecule is O=C(NC(Cc1cc2ccccc2[nH]1)C(=O)O)OCC1c2ccccc2-c2ccccc21. The van der Waals surface area contributed by atoms with E-state index in [1.54, 1.807) is 0 Å². The summed E-state index contributed by atoms with van der Waals surface area (Å²) in [5.41, 5.74) is 6.15. The predicted molar refractivity (Wildman–Crippen MR) is 122 cm³/mol. The van der Waals surface area contributed by atoms with Gasteiger partial charge < -0.3 is 20.1 Å². The first-order valence-corrected chi connectivity index (χ1v) is 10.5. The first-order chi connectivity index (χ1) is 15.6. The zero-order valence-electron chi connectivity index (χ0n) is 17.2. The molecule has 6 heteroatoms. The molecule has 1 aromatic heterocycles. The molecular formula is C26H22N2O4. The molecule has 1 unspecified atom stereocenters. The smallest absolute Gasteiger partial charge is 0.407 e. The van der Waals surface area contributed by atoms with E-state index in [9.17, 15) is 14.7 Å². The molecule has 3 aromatic carbocycles. The molecule has 1 heterocycles. The molecular weight excluding hydrogens is 404 g/mol. The molecule has 0 saturated heterocycles. The number of carboxylic acids is 1. The van der Waals surface area contributed by atoms with Crippen molar-refractivity contribution in [3.63, 3.8) is 0 Å². The molecule has 5 rings (SSSR count). The maximum atomic E-state index is 12.5. The second-order valence-corrected chi connectivity index (χ2v) is 7.95. The number of H-pyrrole nitrogens is 1. The Labute approximate surface area is 184 Å². The summed E-state index contributed by atoms with van der Waals surface area (Å²) in [4.78, 5) is 27.4. The van der Waals surface area contributed by atoms with Crippen LogP contribution in [-0.4, -0.2) is 34.8 Å². The molecule has 160 valence electrons. The van der Waals surface area contributed by atoms with Crippen LogP contribution in [0.3, 0.4) is 0 Å². The van der Waals surface area contributed by atoms with Crippen LogP contribution in [0.5, 0.6) is 0 Å². The Morgan fingerprint density at radius 2 is 1.56 bits per heavy atom. The number of aliphatic carboxylic acids is 1. The molecule has 1 aliphatic rings. The molecule has 32 heavy (non-hydrogen) atoms. The minimum Gasteiger partial charge on any atom is -0.480 e. The van der Waals surface area contributed by atoms with Crippen LogP contribution in [0.2, 0.25) is 0 Å². The van der Waals surface area contributed by atoms with Crippen molar-refractivity contribution in [1.82, 2.24) is 10.3 Å². The minimum atomic E-state index is -1.11. The Balaban J connectivity index is 1.27. The van der Waals surface area contributed by atoms with Crippen LogP contribution < -0.4 is 5.32 Å². The third-order valence-corrected chi connectivity index (χ3v) is 5.94. The molecule has 0 saturated carbocycles. The van der Waals surface area contributed by atoms with Crippen molar-refractivity contribution in [2.45, 2.75) is 18.4 Å². The van der Waals surface area contributed by atoms with Gasteiger partial charge in [0.2, 0.25) is 0 Å². The fourth-order valence-corrected chi connectivity index (χ4v) is 4.45. The summed E-state index contributed by atoms with van der Waals surface area (Å²) in [6.45, 7) is 0.137. The lowest BCUT2D eigenvalue weighted by molar-refractivity contribution is -0.139. The van der Waals surface area contributed by atoms with Gasteiger partial charge in [-0.25, -0.2) is 9.59 Å². The topological polar surface area (TPSA) is 91.4 Å². The first kappa shape index (κ1) is 19.9. The number of carbonyl (C=O) groups excluding carboxylic acids is 1. The fourth-order valence-electron chi connectivity index (χ4n) is 4.45. The zero-order valence-corrected chi connectivity index (χ0v) is 17.2. The Kier molecular flexibility index (Phi) is 5.11. The summed E-state index contributed by atoms with van der Waals surface area (Å²) in [5, 5.41) is 13.1. The van der Waals surface area contributed by atoms with Gasteiger partial charge in [-0.1, -0.05) is 66.7 Å². The number of alkyl carbamates (subject to hydrolysis) is 1. The van der Waals surface area contributed by atoms with E-state index in [0.717, 1.165) is 38.9 Å². The number of benzene rings is 3. The highest BCUT2D eigenvalue weighted by Crippen LogP contribution is 2.44. The molecule has 1 aliphatic carbocycles. The molecule has 4 aromatic rings. The van der Waals surface area contributed by atoms with Gasteiger partial charge in [0.1, 0.15) is 12.6 Å². The van der Waals surface area contributed by atoms with Gasteiger partial charge in [0.15, 0.2) is 0 Å². The standard InChI is InChI=1S/C26H22N2O4/c29-25(30)24(14-17-13-16-7-1-6-12-23(16)27-17)28-26(31)32-15-22-20-10-4-2-8-18(20)19-9-3-5-11-21(19)22/h1-13,22,24,27H,14-15H2,(H,28,31)(H,29,30). The number of ether oxygens (including phenoxy) is 1. The number of aromatic nitrogens is 1. The molecule has 0 radical (unpaired) electrons. The summed E-state index contributed by atoms with van der Waals surface area (Å²) in [5.74, 6) is -1.19. The molecule has 1 amide bonds. The maximum absolute atomic E-state index is 12.5. The average Bonchev–Trinajstić information content (AvgIpc) is 3.35. The number of aromatic amines is 1. The van der Waals surface area contributed by atoms with E-state index in [0.29, 0.717) is 0 Å². The van der Waals surface area contributed by atoms with E-state index in [-0.39, 0.29) is 18.9 Å². The third-order valence-electron chi connectivity index (χ3n) is 5.94. The lowest BCUT2D eigenvalue weighted by Gasteiger charge is -2.17. The largest absolute Gasteiger partial charge is 0.480 e. The Morgan fingerprint density at radius 3 is 2.22 bits per heavy atom. The van der Waals surface area contributed by atoms with Crippen molar-refractivity contribution in [3.8, 4) is 11.1 Å². The number of fused-ring (bicyclic) bond motifs is 4. The highest BCUT2D eigenvalue weighted by Gasteiger charge is 2.29. The van der Waals surface area contributed by atoms with Gasteiger partial charge in [-0.2, -0.15) is 0 Å². The number of carbonyl (C=O) groups is 2. The van der Waals surface area contributed by atoms with Crippen LogP contribution in [0.15, 0.2) is 78.9 Å². The molecule has 0 spiro atoms. The quantitative estimate of drug-likeness (QED) is 0.417. The number of carboxylic acid groups (broad SMARTS) is 1. The monoisotopic (exact) mass is 426 g/mol. The summed E-state index contributed by atoms with van der Waals surface area (Å²) in [7, 11) is 0. The number of para-hydroxylation sites is 1. The van der Waals surface area contributed by atoms with Crippen molar-refractivity contribution in [2.75, 3.05) is 6.61 Å². The molecule has 0 bridgehead atoms.